The molecule has 1 rings (SSSR count). The van der Waals surface area contributed by atoms with Gasteiger partial charge in [0.15, 0.2) is 0 Å². The minimum absolute atomic E-state index is 0.506. The molecule has 0 bridgehead atoms. The van der Waals surface area contributed by atoms with Gasteiger partial charge >= 0.3 is 0 Å². The average Bonchev–Trinajstić information content (AvgIpc) is 2.38. The molecule has 0 heterocycles. The Labute approximate surface area is 110 Å². The zero-order chi connectivity index (χ0) is 13.8. The van der Waals surface area contributed by atoms with Crippen LogP contribution in [-0.4, -0.2) is 27.3 Å². The van der Waals surface area contributed by atoms with Gasteiger partial charge in [0.25, 0.3) is 5.97 Å². The van der Waals surface area contributed by atoms with Crippen molar-refractivity contribution in [3.63, 3.8) is 0 Å². The molecule has 0 fully saturated rings. The van der Waals surface area contributed by atoms with Crippen molar-refractivity contribution in [2.24, 2.45) is 0 Å². The number of aryl methyl sites for hydroxylation is 1. The molecule has 0 aliphatic carbocycles. The van der Waals surface area contributed by atoms with Gasteiger partial charge < -0.3 is 14.2 Å². The van der Waals surface area contributed by atoms with E-state index in [2.05, 4.69) is 39.0 Å². The fourth-order valence-corrected chi connectivity index (χ4v) is 1.94. The predicted octanol–water partition coefficient (Wildman–Crippen LogP) is 3.25. The van der Waals surface area contributed by atoms with E-state index in [1.54, 1.807) is 21.3 Å². The number of benzene rings is 1. The number of methoxy groups -OCH3 is 3. The van der Waals surface area contributed by atoms with Gasteiger partial charge in [0.1, 0.15) is 0 Å². The maximum atomic E-state index is 5.35. The second-order valence-corrected chi connectivity index (χ2v) is 4.81. The van der Waals surface area contributed by atoms with E-state index in [-0.39, 0.29) is 0 Å². The van der Waals surface area contributed by atoms with Gasteiger partial charge in [-0.2, -0.15) is 0 Å². The summed E-state index contributed by atoms with van der Waals surface area (Å²) < 4.78 is 16.1. The Morgan fingerprint density at radius 1 is 1.06 bits per heavy atom. The number of hydrogen-bond donors (Lipinski definition) is 0. The van der Waals surface area contributed by atoms with Crippen molar-refractivity contribution in [2.45, 2.75) is 39.1 Å². The van der Waals surface area contributed by atoms with Gasteiger partial charge in [0, 0.05) is 21.3 Å². The van der Waals surface area contributed by atoms with Gasteiger partial charge in [0.2, 0.25) is 0 Å². The van der Waals surface area contributed by atoms with Crippen LogP contribution in [0.5, 0.6) is 0 Å². The van der Waals surface area contributed by atoms with E-state index in [9.17, 15) is 0 Å². The molecule has 0 aromatic heterocycles. The second-order valence-electron chi connectivity index (χ2n) is 4.81. The van der Waals surface area contributed by atoms with Crippen molar-refractivity contribution in [2.75, 3.05) is 21.3 Å². The first kappa shape index (κ1) is 15.2. The highest BCUT2D eigenvalue weighted by atomic mass is 16.9. The highest BCUT2D eigenvalue weighted by Crippen LogP contribution is 2.24. The molecule has 18 heavy (non-hydrogen) atoms. The molecule has 3 heteroatoms. The van der Waals surface area contributed by atoms with E-state index >= 15 is 0 Å². The summed E-state index contributed by atoms with van der Waals surface area (Å²) >= 11 is 0. The number of ether oxygens (including phenoxy) is 3. The van der Waals surface area contributed by atoms with Crippen LogP contribution in [-0.2, 0) is 20.6 Å². The van der Waals surface area contributed by atoms with Gasteiger partial charge in [-0.05, 0) is 29.5 Å². The average molecular weight is 252 g/mol. The van der Waals surface area contributed by atoms with Crippen molar-refractivity contribution >= 4 is 0 Å². The Balaban J connectivity index is 3.05. The van der Waals surface area contributed by atoms with Crippen molar-refractivity contribution in [1.82, 2.24) is 0 Å². The Morgan fingerprint density at radius 2 is 1.61 bits per heavy atom. The Morgan fingerprint density at radius 3 is 2.06 bits per heavy atom. The molecule has 0 atom stereocenters. The Kier molecular flexibility index (Phi) is 5.32. The van der Waals surface area contributed by atoms with Crippen LogP contribution >= 0.6 is 0 Å². The SMILES string of the molecule is COC(Cc1cc(C(C)C)ccc1C)(OC)OC. The van der Waals surface area contributed by atoms with Crippen molar-refractivity contribution in [3.8, 4) is 0 Å². The lowest BCUT2D eigenvalue weighted by atomic mass is 9.96. The molecule has 0 radical (unpaired) electrons. The highest BCUT2D eigenvalue weighted by molar-refractivity contribution is 5.33. The van der Waals surface area contributed by atoms with Gasteiger partial charge in [-0.3, -0.25) is 0 Å². The van der Waals surface area contributed by atoms with Crippen LogP contribution in [0.15, 0.2) is 18.2 Å². The van der Waals surface area contributed by atoms with Crippen LogP contribution in [0.4, 0.5) is 0 Å². The third-order valence-corrected chi connectivity index (χ3v) is 3.38. The molecule has 102 valence electrons. The van der Waals surface area contributed by atoms with E-state index in [1.165, 1.54) is 16.7 Å². The molecule has 0 saturated heterocycles. The van der Waals surface area contributed by atoms with Crippen molar-refractivity contribution < 1.29 is 14.2 Å². The second kappa shape index (κ2) is 6.32. The van der Waals surface area contributed by atoms with E-state index in [1.807, 2.05) is 0 Å². The molecule has 0 amide bonds. The molecule has 0 spiro atoms. The highest BCUT2D eigenvalue weighted by Gasteiger charge is 2.30. The summed E-state index contributed by atoms with van der Waals surface area (Å²) in [4.78, 5) is 0. The zero-order valence-electron chi connectivity index (χ0n) is 12.2. The maximum Gasteiger partial charge on any atom is 0.286 e. The molecule has 1 aromatic rings. The number of hydrogen-bond acceptors (Lipinski definition) is 3. The molecule has 3 nitrogen and oxygen atoms in total. The Hall–Kier alpha value is -0.900. The molecule has 0 aliphatic rings. The smallest absolute Gasteiger partial charge is 0.286 e. The van der Waals surface area contributed by atoms with Crippen LogP contribution in [0.3, 0.4) is 0 Å². The maximum absolute atomic E-state index is 5.35. The van der Waals surface area contributed by atoms with Crippen LogP contribution in [0.25, 0.3) is 0 Å². The standard InChI is InChI=1S/C15H24O3/c1-11(2)13-8-7-12(3)14(9-13)10-15(16-4,17-5)18-6/h7-9,11H,10H2,1-6H3. The summed E-state index contributed by atoms with van der Waals surface area (Å²) in [5, 5.41) is 0. The predicted molar refractivity (Wildman–Crippen MR) is 72.7 cm³/mol. The van der Waals surface area contributed by atoms with Crippen molar-refractivity contribution in [1.29, 1.82) is 0 Å². The van der Waals surface area contributed by atoms with Crippen LogP contribution in [0, 0.1) is 6.92 Å². The lowest BCUT2D eigenvalue weighted by molar-refractivity contribution is -0.351. The van der Waals surface area contributed by atoms with E-state index in [4.69, 9.17) is 14.2 Å². The summed E-state index contributed by atoms with van der Waals surface area (Å²) in [6, 6.07) is 6.50. The first-order valence-corrected chi connectivity index (χ1v) is 6.23. The molecule has 1 aromatic carbocycles. The lowest BCUT2D eigenvalue weighted by Crippen LogP contribution is -2.38. The summed E-state index contributed by atoms with van der Waals surface area (Å²) in [6.45, 7) is 6.46. The van der Waals surface area contributed by atoms with Gasteiger partial charge in [-0.15, -0.1) is 0 Å². The lowest BCUT2D eigenvalue weighted by Gasteiger charge is -2.29. The van der Waals surface area contributed by atoms with Gasteiger partial charge in [-0.1, -0.05) is 32.0 Å². The summed E-state index contributed by atoms with van der Waals surface area (Å²) in [5.74, 6) is -0.494. The summed E-state index contributed by atoms with van der Waals surface area (Å²) in [7, 11) is 4.78. The molecule has 0 N–H and O–H groups in total. The van der Waals surface area contributed by atoms with Gasteiger partial charge in [-0.25, -0.2) is 0 Å². The summed E-state index contributed by atoms with van der Waals surface area (Å²) in [6.07, 6.45) is 0.572. The van der Waals surface area contributed by atoms with Crippen LogP contribution < -0.4 is 0 Å². The Bertz CT molecular complexity index is 373. The van der Waals surface area contributed by atoms with Crippen LogP contribution in [0.2, 0.25) is 0 Å². The monoisotopic (exact) mass is 252 g/mol. The minimum Gasteiger partial charge on any atom is -0.331 e. The van der Waals surface area contributed by atoms with Crippen molar-refractivity contribution in [3.05, 3.63) is 34.9 Å². The van der Waals surface area contributed by atoms with E-state index < -0.39 is 5.97 Å². The first-order valence-electron chi connectivity index (χ1n) is 6.23. The molecule has 0 unspecified atom stereocenters. The molecular weight excluding hydrogens is 228 g/mol. The largest absolute Gasteiger partial charge is 0.331 e. The molecule has 0 aliphatic heterocycles. The van der Waals surface area contributed by atoms with E-state index in [0.717, 1.165) is 0 Å². The minimum atomic E-state index is -1.000. The molecular formula is C15H24O3. The molecule has 0 saturated carbocycles. The van der Waals surface area contributed by atoms with Gasteiger partial charge in [0.05, 0.1) is 6.42 Å². The fraction of sp³-hybridized carbons (Fsp3) is 0.600. The number of rotatable bonds is 6. The third-order valence-electron chi connectivity index (χ3n) is 3.38. The van der Waals surface area contributed by atoms with E-state index in [0.29, 0.717) is 12.3 Å². The fourth-order valence-electron chi connectivity index (χ4n) is 1.94. The topological polar surface area (TPSA) is 27.7 Å². The third kappa shape index (κ3) is 3.31. The zero-order valence-corrected chi connectivity index (χ0v) is 12.2. The van der Waals surface area contributed by atoms with Crippen LogP contribution in [0.1, 0.15) is 36.5 Å². The summed E-state index contributed by atoms with van der Waals surface area (Å²) in [5.41, 5.74) is 3.72. The normalized spacial score (nSPS) is 12.2. The first-order chi connectivity index (χ1) is 8.48. The quantitative estimate of drug-likeness (QED) is 0.727.